The van der Waals surface area contributed by atoms with Crippen molar-refractivity contribution >= 4 is 11.7 Å². The summed E-state index contributed by atoms with van der Waals surface area (Å²) in [5.41, 5.74) is 6.76. The number of amides is 1. The van der Waals surface area contributed by atoms with E-state index in [-0.39, 0.29) is 17.9 Å². The highest BCUT2D eigenvalue weighted by molar-refractivity contribution is 5.77. The van der Waals surface area contributed by atoms with Crippen molar-refractivity contribution in [1.82, 2.24) is 10.3 Å². The molecule has 1 aliphatic carbocycles. The lowest BCUT2D eigenvalue weighted by Crippen LogP contribution is -2.41. The van der Waals surface area contributed by atoms with Gasteiger partial charge in [0.25, 0.3) is 0 Å². The second-order valence-electron chi connectivity index (χ2n) is 6.85. The largest absolute Gasteiger partial charge is 0.369 e. The summed E-state index contributed by atoms with van der Waals surface area (Å²) in [6, 6.07) is 4.46. The number of nitrogens with two attached hydrogens (primary N) is 1. The summed E-state index contributed by atoms with van der Waals surface area (Å²) in [5, 5.41) is 3.54. The third-order valence-electron chi connectivity index (χ3n) is 5.19. The fourth-order valence-corrected chi connectivity index (χ4v) is 3.80. The number of rotatable bonds is 5. The van der Waals surface area contributed by atoms with E-state index in [0.717, 1.165) is 44.7 Å². The maximum atomic E-state index is 11.7. The van der Waals surface area contributed by atoms with Gasteiger partial charge >= 0.3 is 0 Å². The van der Waals surface area contributed by atoms with Gasteiger partial charge < -0.3 is 16.0 Å². The van der Waals surface area contributed by atoms with Gasteiger partial charge in [-0.15, -0.1) is 0 Å². The Bertz CT molecular complexity index is 510. The van der Waals surface area contributed by atoms with E-state index in [4.69, 9.17) is 5.73 Å². The fraction of sp³-hybridized carbons (Fsp3) is 0.667. The van der Waals surface area contributed by atoms with Crippen LogP contribution in [0.4, 0.5) is 5.82 Å². The maximum absolute atomic E-state index is 11.7. The molecule has 3 N–H and O–H groups in total. The molecular formula is C18H28N4O. The van der Waals surface area contributed by atoms with Crippen molar-refractivity contribution in [3.8, 4) is 0 Å². The van der Waals surface area contributed by atoms with Crippen LogP contribution in [0.5, 0.6) is 0 Å². The van der Waals surface area contributed by atoms with E-state index in [1.54, 1.807) is 0 Å². The molecule has 1 saturated carbocycles. The van der Waals surface area contributed by atoms with E-state index >= 15 is 0 Å². The van der Waals surface area contributed by atoms with Crippen molar-refractivity contribution in [2.75, 3.05) is 18.0 Å². The molecular weight excluding hydrogens is 288 g/mol. The Morgan fingerprint density at radius 3 is 2.65 bits per heavy atom. The summed E-state index contributed by atoms with van der Waals surface area (Å²) in [7, 11) is 0. The number of aromatic nitrogens is 1. The monoisotopic (exact) mass is 316 g/mol. The van der Waals surface area contributed by atoms with Crippen LogP contribution in [0.2, 0.25) is 0 Å². The Morgan fingerprint density at radius 2 is 1.96 bits per heavy atom. The molecule has 23 heavy (non-hydrogen) atoms. The Balaban J connectivity index is 1.56. The number of primary amides is 1. The number of nitrogens with one attached hydrogen (secondary N) is 1. The van der Waals surface area contributed by atoms with Crippen LogP contribution in [0.1, 0.15) is 50.5 Å². The molecule has 2 unspecified atom stereocenters. The van der Waals surface area contributed by atoms with Gasteiger partial charge in [-0.3, -0.25) is 4.79 Å². The molecule has 2 atom stereocenters. The van der Waals surface area contributed by atoms with E-state index in [1.807, 2.05) is 6.20 Å². The first-order chi connectivity index (χ1) is 11.2. The van der Waals surface area contributed by atoms with Crippen LogP contribution in [-0.2, 0) is 11.3 Å². The van der Waals surface area contributed by atoms with E-state index in [0.29, 0.717) is 0 Å². The van der Waals surface area contributed by atoms with E-state index in [1.165, 1.54) is 31.2 Å². The lowest BCUT2D eigenvalue weighted by Gasteiger charge is -2.24. The van der Waals surface area contributed by atoms with Crippen LogP contribution in [0.25, 0.3) is 0 Å². The summed E-state index contributed by atoms with van der Waals surface area (Å²) in [5.74, 6) is 0.886. The molecule has 1 aromatic rings. The quantitative estimate of drug-likeness (QED) is 0.817. The Morgan fingerprint density at radius 1 is 1.17 bits per heavy atom. The lowest BCUT2D eigenvalue weighted by atomic mass is 9.94. The van der Waals surface area contributed by atoms with Gasteiger partial charge in [-0.1, -0.05) is 25.3 Å². The summed E-state index contributed by atoms with van der Waals surface area (Å²) < 4.78 is 0. The second-order valence-corrected chi connectivity index (χ2v) is 6.85. The van der Waals surface area contributed by atoms with Crippen LogP contribution >= 0.6 is 0 Å². The molecule has 1 saturated heterocycles. The van der Waals surface area contributed by atoms with Gasteiger partial charge in [-0.2, -0.15) is 0 Å². The average Bonchev–Trinajstić information content (AvgIpc) is 2.99. The van der Waals surface area contributed by atoms with Crippen LogP contribution in [0.3, 0.4) is 0 Å². The first-order valence-corrected chi connectivity index (χ1v) is 8.96. The highest BCUT2D eigenvalue weighted by atomic mass is 16.1. The highest BCUT2D eigenvalue weighted by Crippen LogP contribution is 2.24. The molecule has 2 fully saturated rings. The SMILES string of the molecule is NC(=O)C1CCCCCC1NCc1ccc(N2CCCC2)nc1. The molecule has 126 valence electrons. The van der Waals surface area contributed by atoms with Crippen molar-refractivity contribution in [3.05, 3.63) is 23.9 Å². The van der Waals surface area contributed by atoms with Crippen LogP contribution in [0.15, 0.2) is 18.3 Å². The third-order valence-corrected chi connectivity index (χ3v) is 5.19. The van der Waals surface area contributed by atoms with Crippen molar-refractivity contribution < 1.29 is 4.79 Å². The molecule has 1 aromatic heterocycles. The standard InChI is InChI=1S/C18H28N4O/c19-18(23)15-6-2-1-3-7-16(15)20-12-14-8-9-17(21-13-14)22-10-4-5-11-22/h8-9,13,15-16,20H,1-7,10-12H2,(H2,19,23). The van der Waals surface area contributed by atoms with Gasteiger partial charge in [0.05, 0.1) is 5.92 Å². The van der Waals surface area contributed by atoms with Gasteiger partial charge in [0, 0.05) is 31.9 Å². The molecule has 5 heteroatoms. The average molecular weight is 316 g/mol. The van der Waals surface area contributed by atoms with E-state index in [9.17, 15) is 4.79 Å². The normalized spacial score (nSPS) is 25.3. The maximum Gasteiger partial charge on any atom is 0.222 e. The summed E-state index contributed by atoms with van der Waals surface area (Å²) in [6.45, 7) is 2.99. The minimum Gasteiger partial charge on any atom is -0.369 e. The van der Waals surface area contributed by atoms with E-state index < -0.39 is 0 Å². The Kier molecular flexibility index (Phi) is 5.49. The minimum atomic E-state index is -0.160. The zero-order valence-corrected chi connectivity index (χ0v) is 13.8. The fourth-order valence-electron chi connectivity index (χ4n) is 3.80. The van der Waals surface area contributed by atoms with Gasteiger partial charge in [0.2, 0.25) is 5.91 Å². The minimum absolute atomic E-state index is 0.0330. The molecule has 5 nitrogen and oxygen atoms in total. The number of anilines is 1. The topological polar surface area (TPSA) is 71.2 Å². The predicted octanol–water partition coefficient (Wildman–Crippen LogP) is 2.21. The molecule has 2 aliphatic rings. The molecule has 0 aromatic carbocycles. The lowest BCUT2D eigenvalue weighted by molar-refractivity contribution is -0.122. The Labute approximate surface area is 138 Å². The van der Waals surface area contributed by atoms with Crippen molar-refractivity contribution in [1.29, 1.82) is 0 Å². The zero-order valence-electron chi connectivity index (χ0n) is 13.8. The first kappa shape index (κ1) is 16.2. The summed E-state index contributed by atoms with van der Waals surface area (Å²) >= 11 is 0. The van der Waals surface area contributed by atoms with Gasteiger partial charge in [-0.05, 0) is 37.3 Å². The number of pyridine rings is 1. The number of nitrogens with zero attached hydrogens (tertiary/aromatic N) is 2. The Hall–Kier alpha value is -1.62. The smallest absolute Gasteiger partial charge is 0.222 e. The molecule has 1 amide bonds. The van der Waals surface area contributed by atoms with Crippen molar-refractivity contribution in [2.45, 2.75) is 57.5 Å². The van der Waals surface area contributed by atoms with Crippen LogP contribution in [-0.4, -0.2) is 30.0 Å². The molecule has 0 radical (unpaired) electrons. The number of carbonyl (C=O) groups is 1. The van der Waals surface area contributed by atoms with Crippen LogP contribution in [0, 0.1) is 5.92 Å². The van der Waals surface area contributed by atoms with Crippen LogP contribution < -0.4 is 16.0 Å². The van der Waals surface area contributed by atoms with Crippen molar-refractivity contribution in [3.63, 3.8) is 0 Å². The number of hydrogen-bond acceptors (Lipinski definition) is 4. The first-order valence-electron chi connectivity index (χ1n) is 8.96. The molecule has 1 aliphatic heterocycles. The van der Waals surface area contributed by atoms with Gasteiger partial charge in [0.1, 0.15) is 5.82 Å². The summed E-state index contributed by atoms with van der Waals surface area (Å²) in [4.78, 5) is 18.6. The van der Waals surface area contributed by atoms with Crippen molar-refractivity contribution in [2.24, 2.45) is 11.7 Å². The third kappa shape index (κ3) is 4.22. The molecule has 0 spiro atoms. The molecule has 0 bridgehead atoms. The van der Waals surface area contributed by atoms with Gasteiger partial charge in [-0.25, -0.2) is 4.98 Å². The molecule has 3 rings (SSSR count). The highest BCUT2D eigenvalue weighted by Gasteiger charge is 2.27. The van der Waals surface area contributed by atoms with E-state index in [2.05, 4.69) is 27.3 Å². The summed E-state index contributed by atoms with van der Waals surface area (Å²) in [6.07, 6.45) is 9.92. The second kappa shape index (κ2) is 7.77. The predicted molar refractivity (Wildman–Crippen MR) is 92.1 cm³/mol. The number of hydrogen-bond donors (Lipinski definition) is 2. The zero-order chi connectivity index (χ0) is 16.1. The van der Waals surface area contributed by atoms with Gasteiger partial charge in [0.15, 0.2) is 0 Å². The number of carbonyl (C=O) groups excluding carboxylic acids is 1. The molecule has 2 heterocycles.